The van der Waals surface area contributed by atoms with Gasteiger partial charge in [-0.25, -0.2) is 4.79 Å². The van der Waals surface area contributed by atoms with Crippen molar-refractivity contribution < 1.29 is 19.8 Å². The lowest BCUT2D eigenvalue weighted by Crippen LogP contribution is -2.53. The van der Waals surface area contributed by atoms with E-state index < -0.39 is 24.1 Å². The lowest BCUT2D eigenvalue weighted by atomic mass is 10.1. The number of hydrogen-bond donors (Lipinski definition) is 4. The lowest BCUT2D eigenvalue weighted by Gasteiger charge is -2.22. The second-order valence-corrected chi connectivity index (χ2v) is 4.42. The molecule has 100 valence electrons. The highest BCUT2D eigenvalue weighted by Gasteiger charge is 2.27. The molecule has 0 bridgehead atoms. The average molecular weight is 246 g/mol. The molecule has 2 atom stereocenters. The fourth-order valence-corrected chi connectivity index (χ4v) is 1.35. The molecular weight excluding hydrogens is 224 g/mol. The van der Waals surface area contributed by atoms with Gasteiger partial charge in [0.1, 0.15) is 6.04 Å². The van der Waals surface area contributed by atoms with E-state index in [1.807, 2.05) is 26.1 Å². The minimum absolute atomic E-state index is 0.271. The Bertz CT molecular complexity index is 256. The van der Waals surface area contributed by atoms with Crippen LogP contribution in [0.2, 0.25) is 0 Å². The Labute approximate surface area is 101 Å². The molecule has 6 heteroatoms. The van der Waals surface area contributed by atoms with Gasteiger partial charge in [-0.05, 0) is 12.3 Å². The van der Waals surface area contributed by atoms with Crippen LogP contribution >= 0.6 is 0 Å². The molecule has 0 aromatic heterocycles. The Morgan fingerprint density at radius 1 is 1.29 bits per heavy atom. The number of aliphatic hydroxyl groups is 1. The highest BCUT2D eigenvalue weighted by atomic mass is 16.4. The molecule has 0 fully saturated rings. The van der Waals surface area contributed by atoms with Gasteiger partial charge in [-0.2, -0.15) is 0 Å². The van der Waals surface area contributed by atoms with Gasteiger partial charge in [-0.1, -0.05) is 27.2 Å². The van der Waals surface area contributed by atoms with Gasteiger partial charge < -0.3 is 20.8 Å². The molecule has 0 aliphatic carbocycles. The minimum atomic E-state index is -1.31. The molecule has 0 saturated carbocycles. The first-order chi connectivity index (χ1) is 7.88. The van der Waals surface area contributed by atoms with Crippen LogP contribution in [0.1, 0.15) is 33.6 Å². The molecule has 0 rings (SSSR count). The van der Waals surface area contributed by atoms with Gasteiger partial charge in [0.05, 0.1) is 6.10 Å². The lowest BCUT2D eigenvalue weighted by molar-refractivity contribution is -0.125. The number of aliphatic hydroxyl groups excluding tert-OH is 1. The van der Waals surface area contributed by atoms with E-state index in [0.29, 0.717) is 19.4 Å². The second kappa shape index (κ2) is 7.89. The van der Waals surface area contributed by atoms with Crippen LogP contribution in [0.3, 0.4) is 0 Å². The zero-order valence-electron chi connectivity index (χ0n) is 10.6. The van der Waals surface area contributed by atoms with Gasteiger partial charge in [0.15, 0.2) is 0 Å². The van der Waals surface area contributed by atoms with E-state index in [2.05, 4.69) is 5.32 Å². The zero-order chi connectivity index (χ0) is 13.4. The number of carbonyl (C=O) groups is 2. The number of nitrogens with one attached hydrogen (secondary N) is 2. The van der Waals surface area contributed by atoms with Crippen LogP contribution in [0, 0.1) is 5.92 Å². The SMILES string of the molecule is CCC[C@@H](O)[C@H](NC(=O)O)C(=O)NCC(C)C. The van der Waals surface area contributed by atoms with Gasteiger partial charge in [0.2, 0.25) is 5.91 Å². The predicted octanol–water partition coefficient (Wildman–Crippen LogP) is 0.556. The number of carbonyl (C=O) groups excluding carboxylic acids is 1. The number of carboxylic acid groups (broad SMARTS) is 1. The largest absolute Gasteiger partial charge is 0.465 e. The van der Waals surface area contributed by atoms with E-state index in [9.17, 15) is 14.7 Å². The molecule has 0 unspecified atom stereocenters. The summed E-state index contributed by atoms with van der Waals surface area (Å²) in [5.41, 5.74) is 0. The van der Waals surface area contributed by atoms with E-state index in [1.54, 1.807) is 0 Å². The van der Waals surface area contributed by atoms with Crippen molar-refractivity contribution in [3.63, 3.8) is 0 Å². The molecule has 4 N–H and O–H groups in total. The molecule has 2 amide bonds. The van der Waals surface area contributed by atoms with Crippen molar-refractivity contribution in [3.05, 3.63) is 0 Å². The van der Waals surface area contributed by atoms with E-state index >= 15 is 0 Å². The summed E-state index contributed by atoms with van der Waals surface area (Å²) < 4.78 is 0. The first kappa shape index (κ1) is 15.7. The fraction of sp³-hybridized carbons (Fsp3) is 0.818. The summed E-state index contributed by atoms with van der Waals surface area (Å²) >= 11 is 0. The predicted molar refractivity (Wildman–Crippen MR) is 63.7 cm³/mol. The van der Waals surface area contributed by atoms with Crippen LogP contribution < -0.4 is 10.6 Å². The van der Waals surface area contributed by atoms with Crippen molar-refractivity contribution in [2.75, 3.05) is 6.54 Å². The molecule has 0 aromatic carbocycles. The molecule has 0 aromatic rings. The van der Waals surface area contributed by atoms with E-state index in [4.69, 9.17) is 5.11 Å². The standard InChI is InChI=1S/C11H22N2O4/c1-4-5-8(14)9(13-11(16)17)10(15)12-6-7(2)3/h7-9,13-14H,4-6H2,1-3H3,(H,12,15)(H,16,17)/t8-,9+/m1/s1. The number of rotatable bonds is 7. The van der Waals surface area contributed by atoms with Crippen molar-refractivity contribution in [2.24, 2.45) is 5.92 Å². The quantitative estimate of drug-likeness (QED) is 0.527. The molecular formula is C11H22N2O4. The first-order valence-electron chi connectivity index (χ1n) is 5.83. The van der Waals surface area contributed by atoms with Crippen LogP contribution in [-0.4, -0.2) is 40.9 Å². The second-order valence-electron chi connectivity index (χ2n) is 4.42. The summed E-state index contributed by atoms with van der Waals surface area (Å²) in [6.45, 7) is 6.17. The Balaban J connectivity index is 4.44. The third-order valence-electron chi connectivity index (χ3n) is 2.22. The van der Waals surface area contributed by atoms with Crippen LogP contribution in [0.15, 0.2) is 0 Å². The van der Waals surface area contributed by atoms with E-state index in [-0.39, 0.29) is 5.92 Å². The van der Waals surface area contributed by atoms with Gasteiger partial charge in [0.25, 0.3) is 0 Å². The summed E-state index contributed by atoms with van der Waals surface area (Å²) in [5, 5.41) is 23.0. The van der Waals surface area contributed by atoms with Crippen molar-refractivity contribution in [1.29, 1.82) is 0 Å². The Kier molecular flexibility index (Phi) is 7.29. The third kappa shape index (κ3) is 6.78. The molecule has 0 spiro atoms. The van der Waals surface area contributed by atoms with Crippen LogP contribution in [0.5, 0.6) is 0 Å². The molecule has 0 aliphatic rings. The molecule has 17 heavy (non-hydrogen) atoms. The third-order valence-corrected chi connectivity index (χ3v) is 2.22. The van der Waals surface area contributed by atoms with Gasteiger partial charge in [-0.15, -0.1) is 0 Å². The van der Waals surface area contributed by atoms with Crippen molar-refractivity contribution in [3.8, 4) is 0 Å². The minimum Gasteiger partial charge on any atom is -0.465 e. The Hall–Kier alpha value is -1.30. The van der Waals surface area contributed by atoms with Crippen molar-refractivity contribution >= 4 is 12.0 Å². The first-order valence-corrected chi connectivity index (χ1v) is 5.83. The zero-order valence-corrected chi connectivity index (χ0v) is 10.6. The summed E-state index contributed by atoms with van der Waals surface area (Å²) in [4.78, 5) is 22.3. The number of hydrogen-bond acceptors (Lipinski definition) is 3. The van der Waals surface area contributed by atoms with Crippen LogP contribution in [-0.2, 0) is 4.79 Å². The summed E-state index contributed by atoms with van der Waals surface area (Å²) in [5.74, 6) is -0.213. The maximum absolute atomic E-state index is 11.7. The molecule has 0 saturated heterocycles. The van der Waals surface area contributed by atoms with E-state index in [1.165, 1.54) is 0 Å². The van der Waals surface area contributed by atoms with Crippen molar-refractivity contribution in [2.45, 2.75) is 45.8 Å². The molecule has 0 heterocycles. The molecule has 0 radical (unpaired) electrons. The van der Waals surface area contributed by atoms with Crippen LogP contribution in [0.25, 0.3) is 0 Å². The molecule has 0 aliphatic heterocycles. The molecule has 6 nitrogen and oxygen atoms in total. The van der Waals surface area contributed by atoms with Gasteiger partial charge >= 0.3 is 6.09 Å². The summed E-state index contributed by atoms with van der Waals surface area (Å²) in [7, 11) is 0. The average Bonchev–Trinajstić information content (AvgIpc) is 2.22. The highest BCUT2D eigenvalue weighted by molar-refractivity contribution is 5.85. The maximum Gasteiger partial charge on any atom is 0.405 e. The smallest absolute Gasteiger partial charge is 0.405 e. The van der Waals surface area contributed by atoms with Gasteiger partial charge in [0, 0.05) is 6.54 Å². The fourth-order valence-electron chi connectivity index (χ4n) is 1.35. The Morgan fingerprint density at radius 3 is 2.29 bits per heavy atom. The maximum atomic E-state index is 11.7. The van der Waals surface area contributed by atoms with Crippen molar-refractivity contribution in [1.82, 2.24) is 10.6 Å². The monoisotopic (exact) mass is 246 g/mol. The summed E-state index contributed by atoms with van der Waals surface area (Å²) in [6, 6.07) is -1.11. The normalized spacial score (nSPS) is 14.2. The number of amides is 2. The van der Waals surface area contributed by atoms with Crippen LogP contribution in [0.4, 0.5) is 4.79 Å². The Morgan fingerprint density at radius 2 is 1.88 bits per heavy atom. The topological polar surface area (TPSA) is 98.7 Å². The van der Waals surface area contributed by atoms with Gasteiger partial charge in [-0.3, -0.25) is 4.79 Å². The van der Waals surface area contributed by atoms with E-state index in [0.717, 1.165) is 0 Å². The summed E-state index contributed by atoms with van der Waals surface area (Å²) in [6.07, 6.45) is -1.26. The highest BCUT2D eigenvalue weighted by Crippen LogP contribution is 2.03.